The highest BCUT2D eigenvalue weighted by Gasteiger charge is 2.15. The molecule has 1 fully saturated rings. The molecule has 0 unspecified atom stereocenters. The van der Waals surface area contributed by atoms with E-state index in [1.807, 2.05) is 6.21 Å². The van der Waals surface area contributed by atoms with Crippen LogP contribution in [0.15, 0.2) is 65.9 Å². The Hall–Kier alpha value is -2.35. The van der Waals surface area contributed by atoms with Gasteiger partial charge in [-0.25, -0.2) is 0 Å². The molecule has 1 aliphatic rings. The molecule has 0 spiro atoms. The molecule has 0 bridgehead atoms. The Kier molecular flexibility index (Phi) is 3.51. The normalized spacial score (nSPS) is 16.0. The van der Waals surface area contributed by atoms with Gasteiger partial charge in [0, 0.05) is 35.6 Å². The van der Waals surface area contributed by atoms with Crippen molar-refractivity contribution in [2.24, 2.45) is 4.99 Å². The van der Waals surface area contributed by atoms with E-state index in [0.29, 0.717) is 6.04 Å². The van der Waals surface area contributed by atoms with Gasteiger partial charge in [-0.15, -0.1) is 0 Å². The van der Waals surface area contributed by atoms with Crippen molar-refractivity contribution in [3.8, 4) is 0 Å². The molecule has 0 radical (unpaired) electrons. The molecule has 0 atom stereocenters. The lowest BCUT2D eigenvalue weighted by atomic mass is 10.1. The zero-order chi connectivity index (χ0) is 14.8. The number of hydrogen-bond acceptors (Lipinski definition) is 1. The Morgan fingerprint density at radius 3 is 2.68 bits per heavy atom. The average Bonchev–Trinajstić information content (AvgIpc) is 3.24. The van der Waals surface area contributed by atoms with Gasteiger partial charge in [0.05, 0.1) is 5.69 Å². The van der Waals surface area contributed by atoms with Gasteiger partial charge in [-0.1, -0.05) is 49.2 Å². The first kappa shape index (κ1) is 13.3. The van der Waals surface area contributed by atoms with Crippen molar-refractivity contribution in [3.05, 3.63) is 66.5 Å². The average molecular weight is 288 g/mol. The summed E-state index contributed by atoms with van der Waals surface area (Å²) in [4.78, 5) is 4.71. The minimum absolute atomic E-state index is 0.694. The summed E-state index contributed by atoms with van der Waals surface area (Å²) in [5.74, 6) is 0. The number of benzene rings is 2. The molecule has 110 valence electrons. The van der Waals surface area contributed by atoms with E-state index in [4.69, 9.17) is 4.99 Å². The van der Waals surface area contributed by atoms with Gasteiger partial charge >= 0.3 is 0 Å². The Morgan fingerprint density at radius 1 is 0.955 bits per heavy atom. The second-order valence-electron chi connectivity index (χ2n) is 6.09. The molecule has 1 aliphatic carbocycles. The van der Waals surface area contributed by atoms with Crippen LogP contribution < -0.4 is 0 Å². The van der Waals surface area contributed by atoms with Crippen LogP contribution in [0.2, 0.25) is 0 Å². The molecule has 2 nitrogen and oxygen atoms in total. The maximum absolute atomic E-state index is 4.71. The summed E-state index contributed by atoms with van der Waals surface area (Å²) in [6, 6.07) is 17.5. The van der Waals surface area contributed by atoms with E-state index in [2.05, 4.69) is 65.5 Å². The highest BCUT2D eigenvalue weighted by Crippen LogP contribution is 2.30. The number of fused-ring (bicyclic) bond motifs is 1. The summed E-state index contributed by atoms with van der Waals surface area (Å²) in [6.45, 7) is 0. The maximum Gasteiger partial charge on any atom is 0.0708 e. The number of aromatic nitrogens is 1. The maximum atomic E-state index is 4.71. The van der Waals surface area contributed by atoms with Crippen LogP contribution in [0.4, 0.5) is 5.69 Å². The van der Waals surface area contributed by atoms with Crippen molar-refractivity contribution in [3.63, 3.8) is 0 Å². The van der Waals surface area contributed by atoms with Crippen LogP contribution in [0.1, 0.15) is 37.3 Å². The fraction of sp³-hybridized carbons (Fsp3) is 0.250. The third-order valence-corrected chi connectivity index (χ3v) is 4.60. The lowest BCUT2D eigenvalue weighted by Crippen LogP contribution is -2.00. The molecule has 3 aromatic rings. The summed E-state index contributed by atoms with van der Waals surface area (Å²) >= 11 is 0. The van der Waals surface area contributed by atoms with Crippen LogP contribution in [0, 0.1) is 0 Å². The number of aliphatic imine (C=N–C) groups is 1. The first-order chi connectivity index (χ1) is 10.9. The topological polar surface area (TPSA) is 17.3 Å². The zero-order valence-electron chi connectivity index (χ0n) is 12.7. The monoisotopic (exact) mass is 288 g/mol. The second kappa shape index (κ2) is 5.80. The third kappa shape index (κ3) is 2.57. The van der Waals surface area contributed by atoms with Crippen molar-refractivity contribution in [1.29, 1.82) is 0 Å². The van der Waals surface area contributed by atoms with E-state index in [9.17, 15) is 0 Å². The van der Waals surface area contributed by atoms with E-state index >= 15 is 0 Å². The lowest BCUT2D eigenvalue weighted by molar-refractivity contribution is 0.521. The van der Waals surface area contributed by atoms with Crippen LogP contribution in [-0.4, -0.2) is 10.8 Å². The van der Waals surface area contributed by atoms with Crippen molar-refractivity contribution in [2.45, 2.75) is 31.7 Å². The minimum atomic E-state index is 0.694. The largest absolute Gasteiger partial charge is 0.351 e. The number of nitrogens with zero attached hydrogens (tertiary/aromatic N) is 2. The van der Waals surface area contributed by atoms with E-state index in [1.54, 1.807) is 0 Å². The van der Waals surface area contributed by atoms with E-state index in [0.717, 1.165) is 5.69 Å². The molecule has 0 N–H and O–H groups in total. The summed E-state index contributed by atoms with van der Waals surface area (Å²) in [5, 5.41) is 2.44. The molecule has 1 aromatic heterocycles. The standard InChI is InChI=1S/C20H20N2/c1-4-10-19-17(6-1)7-5-11-20(19)21-14-16-12-13-22(15-16)18-8-2-3-9-18/h1,4-7,10-15,18H,2-3,8-9H2. The Balaban J connectivity index is 1.60. The summed E-state index contributed by atoms with van der Waals surface area (Å²) < 4.78 is 2.36. The van der Waals surface area contributed by atoms with Gasteiger partial charge < -0.3 is 4.57 Å². The van der Waals surface area contributed by atoms with E-state index < -0.39 is 0 Å². The smallest absolute Gasteiger partial charge is 0.0708 e. The van der Waals surface area contributed by atoms with Gasteiger partial charge in [0.15, 0.2) is 0 Å². The van der Waals surface area contributed by atoms with Gasteiger partial charge in [-0.05, 0) is 30.4 Å². The quantitative estimate of drug-likeness (QED) is 0.566. The molecule has 4 rings (SSSR count). The molecular weight excluding hydrogens is 268 g/mol. The highest BCUT2D eigenvalue weighted by molar-refractivity contribution is 5.95. The van der Waals surface area contributed by atoms with Crippen molar-refractivity contribution in [1.82, 2.24) is 4.57 Å². The fourth-order valence-electron chi connectivity index (χ4n) is 3.40. The molecule has 2 heteroatoms. The molecule has 1 heterocycles. The molecule has 2 aromatic carbocycles. The van der Waals surface area contributed by atoms with Gasteiger partial charge in [0.25, 0.3) is 0 Å². The Bertz CT molecular complexity index is 802. The van der Waals surface area contributed by atoms with Crippen LogP contribution in [0.25, 0.3) is 10.8 Å². The van der Waals surface area contributed by atoms with Gasteiger partial charge in [0.2, 0.25) is 0 Å². The van der Waals surface area contributed by atoms with E-state index in [-0.39, 0.29) is 0 Å². The van der Waals surface area contributed by atoms with Crippen LogP contribution in [0.3, 0.4) is 0 Å². The van der Waals surface area contributed by atoms with Crippen LogP contribution in [-0.2, 0) is 0 Å². The Morgan fingerprint density at radius 2 is 1.77 bits per heavy atom. The molecule has 0 saturated heterocycles. The predicted molar refractivity (Wildman–Crippen MR) is 93.1 cm³/mol. The molecule has 1 saturated carbocycles. The van der Waals surface area contributed by atoms with Gasteiger partial charge in [-0.3, -0.25) is 4.99 Å². The summed E-state index contributed by atoms with van der Waals surface area (Å²) in [5.41, 5.74) is 2.21. The first-order valence-corrected chi connectivity index (χ1v) is 8.09. The number of hydrogen-bond donors (Lipinski definition) is 0. The zero-order valence-corrected chi connectivity index (χ0v) is 12.7. The molecular formula is C20H20N2. The van der Waals surface area contributed by atoms with Crippen LogP contribution in [0.5, 0.6) is 0 Å². The van der Waals surface area contributed by atoms with E-state index in [1.165, 1.54) is 42.0 Å². The second-order valence-corrected chi connectivity index (χ2v) is 6.09. The SMILES string of the molecule is C(=Nc1cccc2ccccc12)c1ccn(C2CCCC2)c1. The summed E-state index contributed by atoms with van der Waals surface area (Å²) in [6.07, 6.45) is 11.8. The minimum Gasteiger partial charge on any atom is -0.351 e. The van der Waals surface area contributed by atoms with Crippen molar-refractivity contribution in [2.75, 3.05) is 0 Å². The third-order valence-electron chi connectivity index (χ3n) is 4.60. The molecule has 0 aliphatic heterocycles. The number of rotatable bonds is 3. The van der Waals surface area contributed by atoms with Gasteiger partial charge in [0.1, 0.15) is 0 Å². The van der Waals surface area contributed by atoms with Gasteiger partial charge in [-0.2, -0.15) is 0 Å². The fourth-order valence-corrected chi connectivity index (χ4v) is 3.40. The predicted octanol–water partition coefficient (Wildman–Crippen LogP) is 5.51. The van der Waals surface area contributed by atoms with Crippen LogP contribution >= 0.6 is 0 Å². The summed E-state index contributed by atoms with van der Waals surface area (Å²) in [7, 11) is 0. The van der Waals surface area contributed by atoms with Crippen molar-refractivity contribution >= 4 is 22.7 Å². The first-order valence-electron chi connectivity index (χ1n) is 8.09. The highest BCUT2D eigenvalue weighted by atomic mass is 15.0. The molecule has 0 amide bonds. The Labute approximate surface area is 131 Å². The lowest BCUT2D eigenvalue weighted by Gasteiger charge is -2.10. The van der Waals surface area contributed by atoms with Crippen molar-refractivity contribution < 1.29 is 0 Å². The molecule has 22 heavy (non-hydrogen) atoms.